The van der Waals surface area contributed by atoms with Gasteiger partial charge in [-0.05, 0) is 37.1 Å². The zero-order chi connectivity index (χ0) is 28.2. The minimum Gasteiger partial charge on any atom is -0.507 e. The van der Waals surface area contributed by atoms with Crippen LogP contribution in [-0.4, -0.2) is 23.4 Å². The monoisotopic (exact) mass is 546 g/mol. The van der Waals surface area contributed by atoms with Gasteiger partial charge in [0.15, 0.2) is 0 Å². The highest BCUT2D eigenvalue weighted by Crippen LogP contribution is 2.47. The van der Waals surface area contributed by atoms with Crippen LogP contribution in [0, 0.1) is 0 Å². The Morgan fingerprint density at radius 2 is 0.775 bits per heavy atom. The first-order chi connectivity index (χ1) is 19.7. The molecule has 4 aromatic rings. The van der Waals surface area contributed by atoms with Crippen molar-refractivity contribution < 1.29 is 19.7 Å². The fourth-order valence-electron chi connectivity index (χ4n) is 5.97. The third-order valence-corrected chi connectivity index (χ3v) is 8.29. The van der Waals surface area contributed by atoms with E-state index < -0.39 is 0 Å². The molecule has 0 bridgehead atoms. The lowest BCUT2D eigenvalue weighted by molar-refractivity contribution is 0.306. The summed E-state index contributed by atoms with van der Waals surface area (Å²) >= 11 is 0. The zero-order valence-corrected chi connectivity index (χ0v) is 24.9. The summed E-state index contributed by atoms with van der Waals surface area (Å²) in [5, 5.41) is 27.2. The van der Waals surface area contributed by atoms with Gasteiger partial charge in [0.2, 0.25) is 0 Å². The Balaban J connectivity index is 1.43. The summed E-state index contributed by atoms with van der Waals surface area (Å²) in [6, 6.07) is 11.4. The minimum atomic E-state index is 0.206. The molecule has 0 radical (unpaired) electrons. The Morgan fingerprint density at radius 1 is 0.450 bits per heavy atom. The van der Waals surface area contributed by atoms with Gasteiger partial charge >= 0.3 is 0 Å². The van der Waals surface area contributed by atoms with Gasteiger partial charge in [0.1, 0.15) is 23.0 Å². The van der Waals surface area contributed by atoms with Crippen LogP contribution in [0.3, 0.4) is 0 Å². The number of unbranched alkanes of at least 4 members (excludes halogenated alkanes) is 14. The van der Waals surface area contributed by atoms with E-state index in [1.54, 1.807) is 12.1 Å². The molecule has 4 aromatic carbocycles. The molecule has 0 aliphatic carbocycles. The highest BCUT2D eigenvalue weighted by molar-refractivity contribution is 6.27. The van der Waals surface area contributed by atoms with Crippen LogP contribution in [0.5, 0.6) is 23.0 Å². The van der Waals surface area contributed by atoms with Crippen LogP contribution >= 0.6 is 0 Å². The Labute approximate surface area is 241 Å². The summed E-state index contributed by atoms with van der Waals surface area (Å²) in [5.74, 6) is 1.81. The highest BCUT2D eigenvalue weighted by atomic mass is 16.5. The second-order valence-electron chi connectivity index (χ2n) is 11.5. The van der Waals surface area contributed by atoms with E-state index in [9.17, 15) is 10.2 Å². The number of rotatable bonds is 20. The summed E-state index contributed by atoms with van der Waals surface area (Å²) in [7, 11) is 0. The lowest BCUT2D eigenvalue weighted by Crippen LogP contribution is -2.00. The predicted molar refractivity (Wildman–Crippen MR) is 170 cm³/mol. The van der Waals surface area contributed by atoms with Gasteiger partial charge in [-0.15, -0.1) is 0 Å². The molecule has 0 atom stereocenters. The van der Waals surface area contributed by atoms with E-state index in [4.69, 9.17) is 9.47 Å². The molecule has 40 heavy (non-hydrogen) atoms. The van der Waals surface area contributed by atoms with Crippen molar-refractivity contribution in [3.05, 3.63) is 36.4 Å². The van der Waals surface area contributed by atoms with Crippen molar-refractivity contribution in [2.24, 2.45) is 0 Å². The summed E-state index contributed by atoms with van der Waals surface area (Å²) in [4.78, 5) is 0. The lowest BCUT2D eigenvalue weighted by atomic mass is 9.92. The molecule has 0 aliphatic rings. The van der Waals surface area contributed by atoms with Gasteiger partial charge < -0.3 is 19.7 Å². The summed E-state index contributed by atoms with van der Waals surface area (Å²) in [5.41, 5.74) is 0. The van der Waals surface area contributed by atoms with Gasteiger partial charge in [-0.2, -0.15) is 0 Å². The Kier molecular flexibility index (Phi) is 11.9. The van der Waals surface area contributed by atoms with Crippen LogP contribution in [-0.2, 0) is 0 Å². The molecule has 0 spiro atoms. The number of aromatic hydroxyl groups is 2. The third-order valence-electron chi connectivity index (χ3n) is 8.29. The molecule has 0 unspecified atom stereocenters. The maximum absolute atomic E-state index is 10.9. The van der Waals surface area contributed by atoms with Gasteiger partial charge in [0.25, 0.3) is 0 Å². The Bertz CT molecular complexity index is 1210. The smallest absolute Gasteiger partial charge is 0.130 e. The first kappa shape index (κ1) is 30.1. The first-order valence-corrected chi connectivity index (χ1v) is 16.1. The number of hydrogen-bond acceptors (Lipinski definition) is 4. The van der Waals surface area contributed by atoms with Gasteiger partial charge in [-0.3, -0.25) is 0 Å². The van der Waals surface area contributed by atoms with Crippen molar-refractivity contribution in [1.82, 2.24) is 0 Å². The summed E-state index contributed by atoms with van der Waals surface area (Å²) in [6.45, 7) is 5.78. The van der Waals surface area contributed by atoms with Crippen molar-refractivity contribution in [3.8, 4) is 23.0 Å². The van der Waals surface area contributed by atoms with Crippen LogP contribution in [0.2, 0.25) is 0 Å². The van der Waals surface area contributed by atoms with Crippen molar-refractivity contribution in [3.63, 3.8) is 0 Å². The van der Waals surface area contributed by atoms with Crippen LogP contribution in [0.15, 0.2) is 36.4 Å². The van der Waals surface area contributed by atoms with Gasteiger partial charge in [-0.1, -0.05) is 104 Å². The molecule has 0 saturated carbocycles. The number of ether oxygens (including phenoxy) is 2. The molecule has 2 N–H and O–H groups in total. The number of phenols is 2. The number of phenolic OH excluding ortho intramolecular Hbond substituents is 2. The SMILES string of the molecule is CCCCCCCCCCOc1cc(O)c2ccc3c(O)cc(OCCCCCCCCCC)c4ccc1c2c34. The van der Waals surface area contributed by atoms with E-state index in [0.717, 1.165) is 58.0 Å². The van der Waals surface area contributed by atoms with E-state index in [2.05, 4.69) is 26.0 Å². The minimum absolute atomic E-state index is 0.206. The quantitative estimate of drug-likeness (QED) is 0.0855. The van der Waals surface area contributed by atoms with Crippen molar-refractivity contribution in [2.75, 3.05) is 13.2 Å². The Hall–Kier alpha value is -2.88. The van der Waals surface area contributed by atoms with Gasteiger partial charge in [-0.25, -0.2) is 0 Å². The average molecular weight is 547 g/mol. The molecular weight excluding hydrogens is 496 g/mol. The topological polar surface area (TPSA) is 58.9 Å². The molecule has 0 heterocycles. The zero-order valence-electron chi connectivity index (χ0n) is 24.9. The van der Waals surface area contributed by atoms with E-state index in [-0.39, 0.29) is 11.5 Å². The molecule has 4 rings (SSSR count). The summed E-state index contributed by atoms with van der Waals surface area (Å²) < 4.78 is 12.5. The predicted octanol–water partition coefficient (Wildman–Crippen LogP) is 11.0. The van der Waals surface area contributed by atoms with Crippen LogP contribution in [0.1, 0.15) is 117 Å². The van der Waals surface area contributed by atoms with Gasteiger partial charge in [0.05, 0.1) is 13.2 Å². The second-order valence-corrected chi connectivity index (χ2v) is 11.5. The summed E-state index contributed by atoms with van der Waals surface area (Å²) in [6.07, 6.45) is 20.0. The number of benzene rings is 4. The maximum atomic E-state index is 10.9. The molecular formula is C36H50O4. The fraction of sp³-hybridized carbons (Fsp3) is 0.556. The van der Waals surface area contributed by atoms with Crippen molar-refractivity contribution in [2.45, 2.75) is 117 Å². The van der Waals surface area contributed by atoms with Crippen molar-refractivity contribution >= 4 is 32.3 Å². The molecule has 0 saturated heterocycles. The molecule has 0 aromatic heterocycles. The largest absolute Gasteiger partial charge is 0.507 e. The van der Waals surface area contributed by atoms with Crippen LogP contribution < -0.4 is 9.47 Å². The molecule has 4 nitrogen and oxygen atoms in total. The van der Waals surface area contributed by atoms with Crippen LogP contribution in [0.25, 0.3) is 32.3 Å². The molecule has 0 amide bonds. The number of hydrogen-bond donors (Lipinski definition) is 2. The fourth-order valence-corrected chi connectivity index (χ4v) is 5.97. The normalized spacial score (nSPS) is 11.8. The van der Waals surface area contributed by atoms with E-state index in [1.165, 1.54) is 77.0 Å². The maximum Gasteiger partial charge on any atom is 0.130 e. The molecule has 0 aliphatic heterocycles. The van der Waals surface area contributed by atoms with E-state index in [1.807, 2.05) is 12.1 Å². The van der Waals surface area contributed by atoms with Crippen LogP contribution in [0.4, 0.5) is 0 Å². The van der Waals surface area contributed by atoms with E-state index in [0.29, 0.717) is 24.7 Å². The Morgan fingerprint density at radius 3 is 1.15 bits per heavy atom. The first-order valence-electron chi connectivity index (χ1n) is 16.1. The lowest BCUT2D eigenvalue weighted by Gasteiger charge is -2.18. The van der Waals surface area contributed by atoms with Gasteiger partial charge in [0, 0.05) is 44.5 Å². The second kappa shape index (κ2) is 15.8. The van der Waals surface area contributed by atoms with Crippen molar-refractivity contribution in [1.29, 1.82) is 0 Å². The average Bonchev–Trinajstić information content (AvgIpc) is 2.96. The third kappa shape index (κ3) is 7.65. The van der Waals surface area contributed by atoms with E-state index >= 15 is 0 Å². The standard InChI is InChI=1S/C36H50O4/c1-3-5-7-9-11-13-15-17-23-39-33-25-31(37)27-19-20-28-32(38)26-34(30-22-21-29(33)35(27)36(28)30)40-24-18-16-14-12-10-8-6-4-2/h19-22,25-26,37-38H,3-18,23-24H2,1-2H3. The molecule has 0 fully saturated rings. The molecule has 218 valence electrons. The highest BCUT2D eigenvalue weighted by Gasteiger charge is 2.19. The molecule has 4 heteroatoms.